The maximum absolute atomic E-state index is 16.1. The Bertz CT molecular complexity index is 3100. The van der Waals surface area contributed by atoms with Crippen molar-refractivity contribution in [1.82, 2.24) is 60.0 Å². The van der Waals surface area contributed by atoms with Crippen molar-refractivity contribution in [3.05, 3.63) is 0 Å². The van der Waals surface area contributed by atoms with Crippen molar-refractivity contribution in [3.8, 4) is 0 Å². The molecular weight excluding hydrogens is 1400 g/mol. The van der Waals surface area contributed by atoms with Gasteiger partial charge in [0, 0.05) is 74.3 Å². The van der Waals surface area contributed by atoms with Crippen molar-refractivity contribution in [1.29, 1.82) is 0 Å². The maximum Gasteiger partial charge on any atom is 0.393 e. The highest BCUT2D eigenvalue weighted by molar-refractivity contribution is 6.21. The molecule has 0 bridgehead atoms. The van der Waals surface area contributed by atoms with Gasteiger partial charge >= 0.3 is 6.18 Å². The monoisotopic (exact) mass is 1530 g/mol. The first-order valence-corrected chi connectivity index (χ1v) is 41.1. The predicted octanol–water partition coefficient (Wildman–Crippen LogP) is 8.29. The Labute approximate surface area is 638 Å². The van der Waals surface area contributed by atoms with Crippen molar-refractivity contribution in [2.45, 2.75) is 293 Å². The predicted molar refractivity (Wildman–Crippen MR) is 400 cm³/mol. The standard InChI is InChI=1S/C79H128ClF3N12O12/c1-12-51(4)68-75(105)89(7)48-66(98)87(5)49-67(99)91(9)62(43-52-27-17-13-18-28-52)73(103)88(6)47-64(96)84-59(36-34-53-33-35-57(58(80)42-53)79(81,82)83)72(102)95-46-56(54-29-19-14-20-30-54)44-61(95)71(101)86-78(37-23-24-38-78)77(107)93(11)69(55-31-21-15-22-32-55)76(106)92(10)63(74(104)94-39-25-16-26-40-94)45-65(97)90(8)60(41-50(2)3)70(100)85-68/h50-63,68-69H,12-49H2,1-11H3,(H,84,96)(H,85,100)(H,86,101)/t51-,53?,56+,57?,58?,59-,60-,61-,62-,63-,68-,69-/m0/s1. The van der Waals surface area contributed by atoms with E-state index in [0.717, 1.165) is 94.8 Å². The average molecular weight is 1530 g/mol. The lowest BCUT2D eigenvalue weighted by Gasteiger charge is -2.43. The minimum atomic E-state index is -4.51. The van der Waals surface area contributed by atoms with E-state index in [1.807, 2.05) is 20.8 Å². The number of amides is 12. The molecule has 8 rings (SSSR count). The van der Waals surface area contributed by atoms with Gasteiger partial charge in [0.1, 0.15) is 47.8 Å². The fourth-order valence-corrected chi connectivity index (χ4v) is 19.4. The molecule has 3 heterocycles. The van der Waals surface area contributed by atoms with Crippen LogP contribution in [0.15, 0.2) is 0 Å². The van der Waals surface area contributed by atoms with Crippen LogP contribution < -0.4 is 16.0 Å². The Kier molecular flexibility index (Phi) is 31.5. The van der Waals surface area contributed by atoms with Gasteiger partial charge in [-0.3, -0.25) is 57.5 Å². The SMILES string of the molecule is CC[C@H](C)[C@@H]1NC(=O)[C@H](CC(C)C)N(C)C(=O)C[C@@H](C(=O)N2CCCCC2)N(C)C(=O)[C@H](C2CCCCC2)N(C)C(=O)C2(CCCC2)NC(=O)[C@@H]2C[C@@H](C3CCCCC3)CN2C(=O)[C@H](CCC2CCC(C(F)(F)F)C(Cl)C2)NC(=O)CN(C)C(=O)[C@H](CC2CCCCC2)N(C)C(=O)CN(C)C(=O)CN(C)C1=O. The zero-order valence-electron chi connectivity index (χ0n) is 66.0. The number of fused-ring (bicyclic) bond motifs is 1. The molecule has 3 N–H and O–H groups in total. The van der Waals surface area contributed by atoms with Crippen LogP contribution in [0.1, 0.15) is 233 Å². The van der Waals surface area contributed by atoms with Crippen LogP contribution >= 0.6 is 11.6 Å². The molecule has 28 heteroatoms. The molecule has 24 nitrogen and oxygen atoms in total. The first-order valence-electron chi connectivity index (χ1n) is 40.7. The van der Waals surface area contributed by atoms with E-state index in [1.165, 1.54) is 76.6 Å². The number of likely N-dealkylation sites (N-methyl/N-ethyl adjacent to an activating group) is 7. The van der Waals surface area contributed by atoms with E-state index >= 15 is 33.6 Å². The van der Waals surface area contributed by atoms with Gasteiger partial charge in [-0.25, -0.2) is 0 Å². The second kappa shape index (κ2) is 39.1. The fraction of sp³-hybridized carbons (Fsp3) is 0.848. The summed E-state index contributed by atoms with van der Waals surface area (Å²) in [5, 5.41) is 7.88. The topological polar surface area (TPSA) is 270 Å². The fourth-order valence-electron chi connectivity index (χ4n) is 18.8. The molecule has 3 unspecified atom stereocenters. The smallest absolute Gasteiger partial charge is 0.343 e. The third-order valence-corrected chi connectivity index (χ3v) is 26.3. The molecule has 107 heavy (non-hydrogen) atoms. The van der Waals surface area contributed by atoms with E-state index in [-0.39, 0.29) is 100 Å². The van der Waals surface area contributed by atoms with Crippen LogP contribution in [0.25, 0.3) is 0 Å². The summed E-state index contributed by atoms with van der Waals surface area (Å²) in [5.41, 5.74) is -1.56. The summed E-state index contributed by atoms with van der Waals surface area (Å²) in [7, 11) is 10.2. The summed E-state index contributed by atoms with van der Waals surface area (Å²) >= 11 is 6.50. The molecule has 0 aromatic carbocycles. The molecule has 0 aromatic rings. The van der Waals surface area contributed by atoms with Gasteiger partial charge in [-0.05, 0) is 138 Å². The van der Waals surface area contributed by atoms with Crippen LogP contribution in [0.4, 0.5) is 13.2 Å². The summed E-state index contributed by atoms with van der Waals surface area (Å²) in [6.07, 6.45) is 12.4. The van der Waals surface area contributed by atoms with Crippen molar-refractivity contribution in [2.75, 3.05) is 88.6 Å². The number of rotatable bonds is 12. The third kappa shape index (κ3) is 22.1. The molecule has 8 fully saturated rings. The minimum absolute atomic E-state index is 0.00684. The summed E-state index contributed by atoms with van der Waals surface area (Å²) < 4.78 is 42.6. The number of halogens is 4. The average Bonchev–Trinajstić information content (AvgIpc) is 1.71. The van der Waals surface area contributed by atoms with Crippen LogP contribution in [0, 0.1) is 47.3 Å². The molecule has 604 valence electrons. The van der Waals surface area contributed by atoms with Crippen LogP contribution in [0.5, 0.6) is 0 Å². The molecule has 0 radical (unpaired) electrons. The zero-order valence-corrected chi connectivity index (χ0v) is 66.8. The van der Waals surface area contributed by atoms with E-state index in [2.05, 4.69) is 16.0 Å². The molecular formula is C79H128ClF3N12O12. The number of alkyl halides is 4. The summed E-state index contributed by atoms with van der Waals surface area (Å²) in [6, 6.07) is -8.54. The van der Waals surface area contributed by atoms with Gasteiger partial charge in [-0.15, -0.1) is 11.6 Å². The van der Waals surface area contributed by atoms with Gasteiger partial charge in [0.25, 0.3) is 0 Å². The number of carbonyl (C=O) groups is 12. The molecule has 3 saturated heterocycles. The van der Waals surface area contributed by atoms with E-state index in [4.69, 9.17) is 11.6 Å². The summed E-state index contributed by atoms with van der Waals surface area (Å²) in [6.45, 7) is 6.69. The highest BCUT2D eigenvalue weighted by Crippen LogP contribution is 2.45. The number of hydrogen-bond acceptors (Lipinski definition) is 12. The van der Waals surface area contributed by atoms with Crippen LogP contribution in [0.2, 0.25) is 0 Å². The lowest BCUT2D eigenvalue weighted by Crippen LogP contribution is -2.65. The number of likely N-dealkylation sites (tertiary alicyclic amines) is 1. The molecule has 5 saturated carbocycles. The largest absolute Gasteiger partial charge is 0.393 e. The molecule has 8 aliphatic rings. The van der Waals surface area contributed by atoms with E-state index in [0.29, 0.717) is 58.0 Å². The highest BCUT2D eigenvalue weighted by atomic mass is 35.5. The normalized spacial score (nSPS) is 30.7. The quantitative estimate of drug-likeness (QED) is 0.156. The minimum Gasteiger partial charge on any atom is -0.343 e. The van der Waals surface area contributed by atoms with Gasteiger partial charge in [-0.1, -0.05) is 130 Å². The molecule has 1 spiro atoms. The lowest BCUT2D eigenvalue weighted by atomic mass is 9.78. The molecule has 12 atom stereocenters. The van der Waals surface area contributed by atoms with Crippen molar-refractivity contribution in [2.24, 2.45) is 47.3 Å². The Morgan fingerprint density at radius 1 is 0.551 bits per heavy atom. The van der Waals surface area contributed by atoms with Gasteiger partial charge in [0.05, 0.1) is 32.0 Å². The van der Waals surface area contributed by atoms with Gasteiger partial charge in [0.15, 0.2) is 0 Å². The zero-order chi connectivity index (χ0) is 78.4. The van der Waals surface area contributed by atoms with Gasteiger partial charge in [0.2, 0.25) is 70.9 Å². The summed E-state index contributed by atoms with van der Waals surface area (Å²) in [4.78, 5) is 195. The number of nitrogens with zero attached hydrogens (tertiary/aromatic N) is 9. The maximum atomic E-state index is 16.1. The van der Waals surface area contributed by atoms with E-state index < -0.39 is 174 Å². The number of nitrogens with one attached hydrogen (secondary N) is 3. The first kappa shape index (κ1) is 86.3. The second-order valence-corrected chi connectivity index (χ2v) is 34.5. The molecule has 3 aliphatic heterocycles. The van der Waals surface area contributed by atoms with E-state index in [1.54, 1.807) is 18.9 Å². The van der Waals surface area contributed by atoms with Crippen molar-refractivity contribution >= 4 is 82.5 Å². The molecule has 0 aromatic heterocycles. The van der Waals surface area contributed by atoms with Crippen LogP contribution in [0.3, 0.4) is 0 Å². The van der Waals surface area contributed by atoms with Crippen molar-refractivity contribution in [3.63, 3.8) is 0 Å². The first-order chi connectivity index (χ1) is 50.7. The van der Waals surface area contributed by atoms with E-state index in [9.17, 15) is 37.1 Å². The number of piperidine rings is 1. The Hall–Kier alpha value is -6.28. The highest BCUT2D eigenvalue weighted by Gasteiger charge is 2.54. The Morgan fingerprint density at radius 3 is 1.71 bits per heavy atom. The van der Waals surface area contributed by atoms with Gasteiger partial charge < -0.3 is 60.0 Å². The Balaban J connectivity index is 1.20. The Morgan fingerprint density at radius 2 is 1.12 bits per heavy atom. The van der Waals surface area contributed by atoms with Crippen LogP contribution in [-0.2, 0) is 57.5 Å². The molecule has 12 amide bonds. The number of hydrogen-bond donors (Lipinski definition) is 3. The number of carbonyl (C=O) groups excluding carboxylic acids is 12. The second-order valence-electron chi connectivity index (χ2n) is 34.0. The lowest BCUT2D eigenvalue weighted by molar-refractivity contribution is -0.182. The third-order valence-electron chi connectivity index (χ3n) is 25.9. The van der Waals surface area contributed by atoms with Crippen molar-refractivity contribution < 1.29 is 70.7 Å². The molecule has 5 aliphatic carbocycles. The van der Waals surface area contributed by atoms with Crippen LogP contribution in [-0.4, -0.2) is 263 Å². The van der Waals surface area contributed by atoms with Gasteiger partial charge in [-0.2, -0.15) is 13.2 Å². The summed E-state index contributed by atoms with van der Waals surface area (Å²) in [5.74, 6) is -10.3.